The smallest absolute Gasteiger partial charge is 0.151 e. The zero-order valence-electron chi connectivity index (χ0n) is 4.50. The summed E-state index contributed by atoms with van der Waals surface area (Å²) in [6.45, 7) is 3.14. The molecule has 0 aromatic carbocycles. The number of rotatable bonds is 3. The summed E-state index contributed by atoms with van der Waals surface area (Å²) >= 11 is 0. The average molecular weight is 117 g/mol. The van der Waals surface area contributed by atoms with Gasteiger partial charge in [-0.15, -0.1) is 5.11 Å². The molecule has 1 atom stereocenters. The van der Waals surface area contributed by atoms with Crippen LogP contribution in [0.2, 0.25) is 0 Å². The SMILES string of the molecule is C=CO[NH+]([O-])N=NC. The maximum atomic E-state index is 10.1. The van der Waals surface area contributed by atoms with Gasteiger partial charge in [0.15, 0.2) is 6.26 Å². The standard InChI is InChI=1S/C3H7N3O2/c1-3-8-6(7)5-4-2/h3,6H,1H2,2H3. The molecule has 0 bridgehead atoms. The molecule has 0 saturated carbocycles. The number of hydrogen-bond acceptors (Lipinski definition) is 4. The summed E-state index contributed by atoms with van der Waals surface area (Å²) in [6.07, 6.45) is 0.997. The van der Waals surface area contributed by atoms with Crippen molar-refractivity contribution in [2.45, 2.75) is 0 Å². The molecule has 5 heteroatoms. The quantitative estimate of drug-likeness (QED) is 0.306. The Labute approximate surface area is 46.8 Å². The van der Waals surface area contributed by atoms with E-state index in [1.54, 1.807) is 0 Å². The molecule has 0 aliphatic carbocycles. The summed E-state index contributed by atoms with van der Waals surface area (Å²) in [5, 5.41) is 15.5. The predicted octanol–water partition coefficient (Wildman–Crippen LogP) is -0.559. The molecule has 0 heterocycles. The molecule has 0 saturated heterocycles. The van der Waals surface area contributed by atoms with E-state index in [1.165, 1.54) is 7.05 Å². The molecular weight excluding hydrogens is 110 g/mol. The third kappa shape index (κ3) is 3.26. The van der Waals surface area contributed by atoms with Gasteiger partial charge < -0.3 is 5.21 Å². The summed E-state index contributed by atoms with van der Waals surface area (Å²) in [5.74, 6) is 0. The fourth-order valence-corrected chi connectivity index (χ4v) is 0.177. The van der Waals surface area contributed by atoms with E-state index >= 15 is 0 Å². The highest BCUT2D eigenvalue weighted by molar-refractivity contribution is 4.41. The van der Waals surface area contributed by atoms with Gasteiger partial charge in [0.1, 0.15) is 0 Å². The van der Waals surface area contributed by atoms with E-state index < -0.39 is 5.34 Å². The average Bonchev–Trinajstić information content (AvgIpc) is 1.68. The van der Waals surface area contributed by atoms with Crippen molar-refractivity contribution in [3.05, 3.63) is 18.0 Å². The van der Waals surface area contributed by atoms with Crippen LogP contribution in [-0.4, -0.2) is 7.05 Å². The van der Waals surface area contributed by atoms with Gasteiger partial charge in [0.25, 0.3) is 0 Å². The van der Waals surface area contributed by atoms with Crippen molar-refractivity contribution >= 4 is 0 Å². The highest BCUT2D eigenvalue weighted by atomic mass is 16.9. The summed E-state index contributed by atoms with van der Waals surface area (Å²) in [5.41, 5.74) is 0. The van der Waals surface area contributed by atoms with E-state index in [4.69, 9.17) is 0 Å². The van der Waals surface area contributed by atoms with Crippen molar-refractivity contribution < 1.29 is 10.2 Å². The van der Waals surface area contributed by atoms with Gasteiger partial charge in [-0.25, -0.2) is 0 Å². The second-order valence-electron chi connectivity index (χ2n) is 0.850. The Morgan fingerprint density at radius 1 is 1.88 bits per heavy atom. The van der Waals surface area contributed by atoms with E-state index in [2.05, 4.69) is 21.8 Å². The summed E-state index contributed by atoms with van der Waals surface area (Å²) in [6, 6.07) is 0. The Morgan fingerprint density at radius 2 is 2.50 bits per heavy atom. The van der Waals surface area contributed by atoms with E-state index in [1.807, 2.05) is 0 Å². The van der Waals surface area contributed by atoms with Crippen LogP contribution in [0, 0.1) is 5.21 Å². The van der Waals surface area contributed by atoms with Gasteiger partial charge in [0, 0.05) is 0 Å². The first-order chi connectivity index (χ1) is 3.81. The number of quaternary nitrogens is 1. The monoisotopic (exact) mass is 117 g/mol. The molecule has 0 amide bonds. The van der Waals surface area contributed by atoms with Crippen molar-refractivity contribution in [1.82, 2.24) is 0 Å². The van der Waals surface area contributed by atoms with Crippen LogP contribution >= 0.6 is 0 Å². The van der Waals surface area contributed by atoms with Crippen molar-refractivity contribution in [3.8, 4) is 0 Å². The van der Waals surface area contributed by atoms with Crippen LogP contribution < -0.4 is 5.34 Å². The zero-order valence-corrected chi connectivity index (χ0v) is 4.50. The molecule has 0 aromatic rings. The first-order valence-electron chi connectivity index (χ1n) is 1.92. The lowest BCUT2D eigenvalue weighted by molar-refractivity contribution is -1.05. The topological polar surface area (TPSA) is 61.5 Å². The Kier molecular flexibility index (Phi) is 3.73. The Hall–Kier alpha value is -0.940. The molecular formula is C3H7N3O2. The molecule has 0 aromatic heterocycles. The van der Waals surface area contributed by atoms with Crippen molar-refractivity contribution in [2.24, 2.45) is 10.3 Å². The van der Waals surface area contributed by atoms with Gasteiger partial charge in [-0.1, -0.05) is 6.58 Å². The van der Waals surface area contributed by atoms with E-state index in [-0.39, 0.29) is 0 Å². The first kappa shape index (κ1) is 7.06. The third-order valence-corrected chi connectivity index (χ3v) is 0.366. The molecule has 0 spiro atoms. The van der Waals surface area contributed by atoms with E-state index in [9.17, 15) is 5.21 Å². The predicted molar refractivity (Wildman–Crippen MR) is 26.4 cm³/mol. The first-order valence-corrected chi connectivity index (χ1v) is 1.92. The fourth-order valence-electron chi connectivity index (χ4n) is 0.177. The van der Waals surface area contributed by atoms with Crippen molar-refractivity contribution in [2.75, 3.05) is 7.05 Å². The molecule has 46 valence electrons. The van der Waals surface area contributed by atoms with E-state index in [0.717, 1.165) is 6.26 Å². The second kappa shape index (κ2) is 4.23. The van der Waals surface area contributed by atoms with Gasteiger partial charge in [0.05, 0.1) is 12.3 Å². The molecule has 0 rings (SSSR count). The maximum absolute atomic E-state index is 10.1. The lowest BCUT2D eigenvalue weighted by Gasteiger charge is -2.06. The van der Waals surface area contributed by atoms with Crippen molar-refractivity contribution in [3.63, 3.8) is 0 Å². The van der Waals surface area contributed by atoms with E-state index in [0.29, 0.717) is 0 Å². The minimum atomic E-state index is -0.748. The third-order valence-electron chi connectivity index (χ3n) is 0.366. The molecule has 0 fully saturated rings. The molecule has 0 radical (unpaired) electrons. The van der Waals surface area contributed by atoms with Gasteiger partial charge in [0.2, 0.25) is 0 Å². The van der Waals surface area contributed by atoms with Crippen LogP contribution in [0.1, 0.15) is 0 Å². The number of hydrogen-bond donors (Lipinski definition) is 1. The molecule has 1 unspecified atom stereocenters. The Balaban J connectivity index is 3.31. The van der Waals surface area contributed by atoms with Gasteiger partial charge in [-0.05, 0) is 5.34 Å². The van der Waals surface area contributed by atoms with Gasteiger partial charge in [-0.2, -0.15) is 0 Å². The lowest BCUT2D eigenvalue weighted by Crippen LogP contribution is -3.00. The molecule has 1 N–H and O–H groups in total. The van der Waals surface area contributed by atoms with Crippen LogP contribution in [0.5, 0.6) is 0 Å². The van der Waals surface area contributed by atoms with Crippen molar-refractivity contribution in [1.29, 1.82) is 0 Å². The highest BCUT2D eigenvalue weighted by Crippen LogP contribution is 1.56. The Morgan fingerprint density at radius 3 is 2.88 bits per heavy atom. The largest absolute Gasteiger partial charge is 0.562 e. The number of nitrogens with one attached hydrogen (secondary N) is 1. The summed E-state index contributed by atoms with van der Waals surface area (Å²) in [7, 11) is 1.38. The fraction of sp³-hybridized carbons (Fsp3) is 0.333. The Bertz CT molecular complexity index is 92.5. The minimum absolute atomic E-state index is 0.748. The van der Waals surface area contributed by atoms with Gasteiger partial charge in [-0.3, -0.25) is 4.84 Å². The summed E-state index contributed by atoms with van der Waals surface area (Å²) in [4.78, 5) is 4.15. The maximum Gasteiger partial charge on any atom is 0.151 e. The highest BCUT2D eigenvalue weighted by Gasteiger charge is 1.82. The molecule has 0 aliphatic rings. The van der Waals surface area contributed by atoms with Crippen LogP contribution in [0.4, 0.5) is 0 Å². The van der Waals surface area contributed by atoms with Crippen LogP contribution in [0.25, 0.3) is 0 Å². The zero-order chi connectivity index (χ0) is 6.41. The van der Waals surface area contributed by atoms with Crippen LogP contribution in [-0.2, 0) is 4.84 Å². The number of nitrogens with zero attached hydrogens (tertiary/aromatic N) is 2. The molecule has 0 aliphatic heterocycles. The van der Waals surface area contributed by atoms with Gasteiger partial charge >= 0.3 is 0 Å². The van der Waals surface area contributed by atoms with Crippen LogP contribution in [0.15, 0.2) is 23.2 Å². The molecule has 5 nitrogen and oxygen atoms in total. The van der Waals surface area contributed by atoms with Crippen LogP contribution in [0.3, 0.4) is 0 Å². The minimum Gasteiger partial charge on any atom is -0.562 e. The lowest BCUT2D eigenvalue weighted by atomic mass is 11.2. The normalized spacial score (nSPS) is 13.8. The summed E-state index contributed by atoms with van der Waals surface area (Å²) < 4.78 is 0. The molecule has 8 heavy (non-hydrogen) atoms. The second-order valence-corrected chi connectivity index (χ2v) is 0.850.